The van der Waals surface area contributed by atoms with Crippen LogP contribution in [-0.4, -0.2) is 38.6 Å². The number of hydrogen-bond acceptors (Lipinski definition) is 4. The molecular formula is C15H21N5O2. The quantitative estimate of drug-likeness (QED) is 0.893. The number of aryl methyl sites for hydroxylation is 2. The zero-order valence-electron chi connectivity index (χ0n) is 12.9. The maximum Gasteiger partial charge on any atom is 0.269 e. The van der Waals surface area contributed by atoms with Gasteiger partial charge in [0.05, 0.1) is 12.2 Å². The number of amides is 1. The molecule has 1 aliphatic rings. The zero-order valence-corrected chi connectivity index (χ0v) is 12.9. The van der Waals surface area contributed by atoms with Gasteiger partial charge >= 0.3 is 0 Å². The van der Waals surface area contributed by atoms with Crippen molar-refractivity contribution in [1.29, 1.82) is 0 Å². The highest BCUT2D eigenvalue weighted by molar-refractivity contribution is 5.92. The Morgan fingerprint density at radius 3 is 2.82 bits per heavy atom. The second kappa shape index (κ2) is 6.31. The van der Waals surface area contributed by atoms with E-state index in [9.17, 15) is 4.79 Å². The predicted octanol–water partition coefficient (Wildman–Crippen LogP) is 1.35. The van der Waals surface area contributed by atoms with E-state index in [1.807, 2.05) is 24.7 Å². The van der Waals surface area contributed by atoms with Gasteiger partial charge in [-0.15, -0.1) is 0 Å². The van der Waals surface area contributed by atoms with Crippen molar-refractivity contribution in [1.82, 2.24) is 24.8 Å². The second-order valence-corrected chi connectivity index (χ2v) is 5.68. The van der Waals surface area contributed by atoms with E-state index in [-0.39, 0.29) is 11.9 Å². The van der Waals surface area contributed by atoms with E-state index in [0.29, 0.717) is 11.6 Å². The summed E-state index contributed by atoms with van der Waals surface area (Å²) in [6.45, 7) is 3.28. The number of imidazole rings is 2. The van der Waals surface area contributed by atoms with E-state index < -0.39 is 0 Å². The summed E-state index contributed by atoms with van der Waals surface area (Å²) in [5, 5.41) is 3.11. The summed E-state index contributed by atoms with van der Waals surface area (Å²) in [5.41, 5.74) is 0.476. The molecule has 3 heterocycles. The first-order valence-electron chi connectivity index (χ1n) is 7.52. The first-order chi connectivity index (χ1) is 10.6. The Morgan fingerprint density at radius 2 is 2.23 bits per heavy atom. The molecular weight excluding hydrogens is 282 g/mol. The Hall–Kier alpha value is -2.15. The van der Waals surface area contributed by atoms with Crippen LogP contribution in [0.25, 0.3) is 0 Å². The first-order valence-corrected chi connectivity index (χ1v) is 7.52. The number of carbonyl (C=O) groups is 1. The summed E-state index contributed by atoms with van der Waals surface area (Å²) in [7, 11) is 1.95. The molecule has 0 radical (unpaired) electrons. The minimum atomic E-state index is -0.153. The summed E-state index contributed by atoms with van der Waals surface area (Å²) < 4.78 is 7.39. The standard InChI is InChI=1S/C15H21N5O2/c1-10-17-9-12(18-10)15(21)19-13(11-3-7-22-8-4-11)14-16-5-6-20(14)2/h5-6,9,11,13H,3-4,7-8H2,1-2H3,(H,17,18)(H,19,21). The lowest BCUT2D eigenvalue weighted by Crippen LogP contribution is -2.37. The smallest absolute Gasteiger partial charge is 0.269 e. The summed E-state index contributed by atoms with van der Waals surface area (Å²) >= 11 is 0. The van der Waals surface area contributed by atoms with Crippen molar-refractivity contribution < 1.29 is 9.53 Å². The van der Waals surface area contributed by atoms with Gasteiger partial charge in [0, 0.05) is 32.7 Å². The number of nitrogens with one attached hydrogen (secondary N) is 2. The van der Waals surface area contributed by atoms with E-state index in [1.54, 1.807) is 12.4 Å². The Kier molecular flexibility index (Phi) is 4.24. The van der Waals surface area contributed by atoms with E-state index in [0.717, 1.165) is 37.7 Å². The van der Waals surface area contributed by atoms with Crippen molar-refractivity contribution in [3.05, 3.63) is 35.9 Å². The molecule has 0 spiro atoms. The number of H-pyrrole nitrogens is 1. The Balaban J connectivity index is 1.82. The third-order valence-corrected chi connectivity index (χ3v) is 4.11. The van der Waals surface area contributed by atoms with Crippen LogP contribution in [0.1, 0.15) is 41.0 Å². The first kappa shape index (κ1) is 14.8. The normalized spacial score (nSPS) is 17.4. The van der Waals surface area contributed by atoms with Crippen molar-refractivity contribution in [2.75, 3.05) is 13.2 Å². The fourth-order valence-electron chi connectivity index (χ4n) is 2.87. The van der Waals surface area contributed by atoms with E-state index in [4.69, 9.17) is 4.74 Å². The molecule has 1 amide bonds. The molecule has 0 bridgehead atoms. The van der Waals surface area contributed by atoms with Crippen LogP contribution < -0.4 is 5.32 Å². The van der Waals surface area contributed by atoms with Gasteiger partial charge in [-0.25, -0.2) is 9.97 Å². The third-order valence-electron chi connectivity index (χ3n) is 4.11. The lowest BCUT2D eigenvalue weighted by atomic mass is 9.91. The number of hydrogen-bond donors (Lipinski definition) is 2. The molecule has 2 aromatic heterocycles. The fourth-order valence-corrected chi connectivity index (χ4v) is 2.87. The maximum absolute atomic E-state index is 12.5. The predicted molar refractivity (Wildman–Crippen MR) is 80.3 cm³/mol. The largest absolute Gasteiger partial charge is 0.381 e. The van der Waals surface area contributed by atoms with Gasteiger partial charge in [0.1, 0.15) is 17.3 Å². The van der Waals surface area contributed by atoms with Gasteiger partial charge in [0.15, 0.2) is 0 Å². The van der Waals surface area contributed by atoms with Gasteiger partial charge in [-0.1, -0.05) is 0 Å². The highest BCUT2D eigenvalue weighted by Crippen LogP contribution is 2.29. The Bertz CT molecular complexity index is 642. The molecule has 7 nitrogen and oxygen atoms in total. The van der Waals surface area contributed by atoms with Crippen molar-refractivity contribution in [3.63, 3.8) is 0 Å². The molecule has 3 rings (SSSR count). The fraction of sp³-hybridized carbons (Fsp3) is 0.533. The summed E-state index contributed by atoms with van der Waals surface area (Å²) in [6.07, 6.45) is 7.05. The molecule has 2 N–H and O–H groups in total. The van der Waals surface area contributed by atoms with Gasteiger partial charge in [-0.2, -0.15) is 0 Å². The Morgan fingerprint density at radius 1 is 1.45 bits per heavy atom. The lowest BCUT2D eigenvalue weighted by molar-refractivity contribution is 0.0498. The molecule has 0 aliphatic carbocycles. The van der Waals surface area contributed by atoms with Gasteiger partial charge < -0.3 is 19.6 Å². The van der Waals surface area contributed by atoms with Gasteiger partial charge in [0.25, 0.3) is 5.91 Å². The monoisotopic (exact) mass is 303 g/mol. The van der Waals surface area contributed by atoms with E-state index >= 15 is 0 Å². The van der Waals surface area contributed by atoms with Crippen molar-refractivity contribution in [3.8, 4) is 0 Å². The maximum atomic E-state index is 12.5. The van der Waals surface area contributed by atoms with Crippen LogP contribution in [0, 0.1) is 12.8 Å². The van der Waals surface area contributed by atoms with Crippen LogP contribution in [0.4, 0.5) is 0 Å². The molecule has 1 saturated heterocycles. The van der Waals surface area contributed by atoms with Crippen LogP contribution in [0.5, 0.6) is 0 Å². The van der Waals surface area contributed by atoms with E-state index in [2.05, 4.69) is 20.3 Å². The molecule has 22 heavy (non-hydrogen) atoms. The minimum absolute atomic E-state index is 0.125. The number of aromatic nitrogens is 4. The second-order valence-electron chi connectivity index (χ2n) is 5.68. The van der Waals surface area contributed by atoms with Gasteiger partial charge in [-0.05, 0) is 25.7 Å². The van der Waals surface area contributed by atoms with Gasteiger partial charge in [0.2, 0.25) is 0 Å². The number of aromatic amines is 1. The number of nitrogens with zero attached hydrogens (tertiary/aromatic N) is 3. The van der Waals surface area contributed by atoms with Crippen LogP contribution in [-0.2, 0) is 11.8 Å². The molecule has 0 saturated carbocycles. The molecule has 1 aliphatic heterocycles. The molecule has 1 fully saturated rings. The molecule has 1 atom stereocenters. The highest BCUT2D eigenvalue weighted by atomic mass is 16.5. The third kappa shape index (κ3) is 3.04. The zero-order chi connectivity index (χ0) is 15.5. The highest BCUT2D eigenvalue weighted by Gasteiger charge is 2.30. The lowest BCUT2D eigenvalue weighted by Gasteiger charge is -2.30. The number of carbonyl (C=O) groups excluding carboxylic acids is 1. The summed E-state index contributed by atoms with van der Waals surface area (Å²) in [6, 6.07) is -0.125. The average Bonchev–Trinajstić information content (AvgIpc) is 3.14. The van der Waals surface area contributed by atoms with Crippen LogP contribution >= 0.6 is 0 Å². The number of ether oxygens (including phenoxy) is 1. The number of rotatable bonds is 4. The minimum Gasteiger partial charge on any atom is -0.381 e. The van der Waals surface area contributed by atoms with E-state index in [1.165, 1.54) is 0 Å². The molecule has 7 heteroatoms. The van der Waals surface area contributed by atoms with Crippen LogP contribution in [0.3, 0.4) is 0 Å². The molecule has 0 aromatic carbocycles. The van der Waals surface area contributed by atoms with Crippen LogP contribution in [0.2, 0.25) is 0 Å². The Labute approximate surface area is 129 Å². The van der Waals surface area contributed by atoms with Crippen molar-refractivity contribution in [2.24, 2.45) is 13.0 Å². The SMILES string of the molecule is Cc1ncc(C(=O)NC(c2nccn2C)C2CCOCC2)[nH]1. The molecule has 118 valence electrons. The van der Waals surface area contributed by atoms with Gasteiger partial charge in [-0.3, -0.25) is 4.79 Å². The van der Waals surface area contributed by atoms with Crippen molar-refractivity contribution >= 4 is 5.91 Å². The molecule has 2 aromatic rings. The van der Waals surface area contributed by atoms with Crippen molar-refractivity contribution in [2.45, 2.75) is 25.8 Å². The molecule has 1 unspecified atom stereocenters. The summed E-state index contributed by atoms with van der Waals surface area (Å²) in [5.74, 6) is 1.77. The topological polar surface area (TPSA) is 84.8 Å². The summed E-state index contributed by atoms with van der Waals surface area (Å²) in [4.78, 5) is 23.9. The average molecular weight is 303 g/mol. The van der Waals surface area contributed by atoms with Crippen LogP contribution in [0.15, 0.2) is 18.6 Å².